The number of hydrogen-bond acceptors (Lipinski definition) is 10. The van der Waals surface area contributed by atoms with Crippen LogP contribution in [0.5, 0.6) is 11.6 Å². The second-order valence-corrected chi connectivity index (χ2v) is 14.5. The number of nitrogens with one attached hydrogen (secondary N) is 2. The number of halogens is 3. The summed E-state index contributed by atoms with van der Waals surface area (Å²) < 4.78 is 47.4. The van der Waals surface area contributed by atoms with Crippen molar-refractivity contribution < 1.29 is 37.7 Å². The molecule has 2 aromatic heterocycles. The number of phenolic OH excluding ortho intramolecular Hbond substituents is 1. The Morgan fingerprint density at radius 2 is 1.96 bits per heavy atom. The van der Waals surface area contributed by atoms with Crippen molar-refractivity contribution in [1.82, 2.24) is 25.5 Å². The van der Waals surface area contributed by atoms with Crippen molar-refractivity contribution in [2.45, 2.75) is 89.0 Å². The summed E-state index contributed by atoms with van der Waals surface area (Å²) in [5.74, 6) is 2.65. The molecule has 7 unspecified atom stereocenters. The molecular formula is C37H47F3N6O5. The maximum Gasteiger partial charge on any atom is 0.434 e. The molecule has 3 aliphatic carbocycles. The second kappa shape index (κ2) is 15.7. The number of ether oxygens (including phenoxy) is 2. The lowest BCUT2D eigenvalue weighted by atomic mass is 9.52. The van der Waals surface area contributed by atoms with E-state index in [1.165, 1.54) is 24.4 Å². The van der Waals surface area contributed by atoms with E-state index in [4.69, 9.17) is 9.47 Å². The van der Waals surface area contributed by atoms with E-state index in [0.717, 1.165) is 57.8 Å². The van der Waals surface area contributed by atoms with Crippen molar-refractivity contribution in [2.75, 3.05) is 32.2 Å². The van der Waals surface area contributed by atoms with Crippen LogP contribution in [0.4, 0.5) is 19.0 Å². The fourth-order valence-electron chi connectivity index (χ4n) is 8.87. The first-order valence-corrected chi connectivity index (χ1v) is 17.9. The van der Waals surface area contributed by atoms with Gasteiger partial charge < -0.3 is 30.3 Å². The summed E-state index contributed by atoms with van der Waals surface area (Å²) in [5, 5.41) is 34.6. The minimum absolute atomic E-state index is 0.00142. The van der Waals surface area contributed by atoms with Crippen LogP contribution in [0, 0.1) is 23.2 Å². The fourth-order valence-corrected chi connectivity index (χ4v) is 8.87. The SMILES string of the molecule is COc1ccc(C(=O)NCCCC2Cc3cc(O)ccc3C3CCC4(C)C(O)CCC4C23)nn1.FC(F)(F)c1cncc(NC2CCCOC2)n1. The van der Waals surface area contributed by atoms with Gasteiger partial charge in [-0.05, 0) is 116 Å². The number of carbonyl (C=O) groups is 1. The number of aromatic nitrogens is 4. The lowest BCUT2D eigenvalue weighted by Gasteiger charge is -2.53. The van der Waals surface area contributed by atoms with Gasteiger partial charge in [-0.1, -0.05) is 13.0 Å². The predicted molar refractivity (Wildman–Crippen MR) is 182 cm³/mol. The van der Waals surface area contributed by atoms with Crippen LogP contribution in [0.1, 0.15) is 91.5 Å². The monoisotopic (exact) mass is 712 g/mol. The molecule has 1 aromatic carbocycles. The van der Waals surface area contributed by atoms with Crippen molar-refractivity contribution in [3.63, 3.8) is 0 Å². The van der Waals surface area contributed by atoms with Gasteiger partial charge in [0, 0.05) is 19.2 Å². The summed E-state index contributed by atoms with van der Waals surface area (Å²) >= 11 is 0. The summed E-state index contributed by atoms with van der Waals surface area (Å²) in [6, 6.07) is 9.15. The maximum atomic E-state index is 12.4. The average molecular weight is 713 g/mol. The molecule has 0 radical (unpaired) electrons. The number of amides is 1. The molecule has 1 aliphatic heterocycles. The average Bonchev–Trinajstić information content (AvgIpc) is 3.43. The highest BCUT2D eigenvalue weighted by Gasteiger charge is 2.56. The van der Waals surface area contributed by atoms with E-state index in [0.29, 0.717) is 61.3 Å². The summed E-state index contributed by atoms with van der Waals surface area (Å²) in [5.41, 5.74) is 1.97. The van der Waals surface area contributed by atoms with E-state index >= 15 is 0 Å². The molecule has 3 aromatic rings. The lowest BCUT2D eigenvalue weighted by molar-refractivity contribution is -0.141. The lowest BCUT2D eigenvalue weighted by Crippen LogP contribution is -2.47. The van der Waals surface area contributed by atoms with Gasteiger partial charge in [0.25, 0.3) is 5.91 Å². The highest BCUT2D eigenvalue weighted by molar-refractivity contribution is 5.92. The summed E-state index contributed by atoms with van der Waals surface area (Å²) in [6.07, 6.45) is 6.06. The van der Waals surface area contributed by atoms with Crippen LogP contribution in [-0.4, -0.2) is 75.3 Å². The van der Waals surface area contributed by atoms with Gasteiger partial charge in [0.2, 0.25) is 5.88 Å². The first kappa shape index (κ1) is 36.7. The normalized spacial score (nSPS) is 28.3. The topological polar surface area (TPSA) is 152 Å². The molecule has 0 bridgehead atoms. The third-order valence-electron chi connectivity index (χ3n) is 11.4. The first-order chi connectivity index (χ1) is 24.5. The van der Waals surface area contributed by atoms with Crippen molar-refractivity contribution in [2.24, 2.45) is 23.2 Å². The summed E-state index contributed by atoms with van der Waals surface area (Å²) in [4.78, 5) is 19.5. The van der Waals surface area contributed by atoms with Gasteiger partial charge in [0.1, 0.15) is 11.6 Å². The quantitative estimate of drug-likeness (QED) is 0.207. The van der Waals surface area contributed by atoms with Crippen molar-refractivity contribution in [1.29, 1.82) is 0 Å². The molecule has 7 rings (SSSR count). The van der Waals surface area contributed by atoms with Gasteiger partial charge in [-0.15, -0.1) is 10.2 Å². The molecular weight excluding hydrogens is 665 g/mol. The largest absolute Gasteiger partial charge is 0.508 e. The molecule has 2 saturated carbocycles. The van der Waals surface area contributed by atoms with E-state index in [1.807, 2.05) is 12.1 Å². The van der Waals surface area contributed by atoms with E-state index in [9.17, 15) is 28.2 Å². The molecule has 3 fully saturated rings. The predicted octanol–water partition coefficient (Wildman–Crippen LogP) is 5.93. The number of nitrogens with zero attached hydrogens (tertiary/aromatic N) is 4. The number of rotatable bonds is 8. The molecule has 7 atom stereocenters. The van der Waals surface area contributed by atoms with Crippen LogP contribution in [0.2, 0.25) is 0 Å². The van der Waals surface area contributed by atoms with Gasteiger partial charge in [-0.3, -0.25) is 9.78 Å². The number of benzene rings is 1. The molecule has 1 amide bonds. The second-order valence-electron chi connectivity index (χ2n) is 14.5. The first-order valence-electron chi connectivity index (χ1n) is 17.9. The smallest absolute Gasteiger partial charge is 0.434 e. The van der Waals surface area contributed by atoms with E-state index < -0.39 is 11.9 Å². The molecule has 11 nitrogen and oxygen atoms in total. The number of aliphatic hydroxyl groups excluding tert-OH is 1. The highest BCUT2D eigenvalue weighted by Crippen LogP contribution is 2.62. The fraction of sp³-hybridized carbons (Fsp3) is 0.595. The Hall–Kier alpha value is -4.04. The summed E-state index contributed by atoms with van der Waals surface area (Å²) in [6.45, 7) is 4.06. The van der Waals surface area contributed by atoms with E-state index in [-0.39, 0.29) is 35.0 Å². The molecule has 1 saturated heterocycles. The highest BCUT2D eigenvalue weighted by atomic mass is 19.4. The molecule has 4 N–H and O–H groups in total. The molecule has 276 valence electrons. The van der Waals surface area contributed by atoms with Crippen LogP contribution >= 0.6 is 0 Å². The standard InChI is InChI=1S/C27H35N3O4.C10H12F3N3O/c1-27-12-11-20-19-6-5-18(31)15-17(19)14-16(25(20)21(27)7-9-23(27)32)4-3-13-28-26(33)22-8-10-24(34-2)30-29-22;11-10(12,13)8-4-14-5-9(16-8)15-7-2-1-3-17-6-7/h5-6,8,10,15-16,20-21,23,25,31-32H,3-4,7,9,11-14H2,1-2H3,(H,28,33);4-5,7H,1-3,6H2,(H,15,16). The van der Waals surface area contributed by atoms with Gasteiger partial charge >= 0.3 is 6.18 Å². The molecule has 0 spiro atoms. The van der Waals surface area contributed by atoms with Crippen molar-refractivity contribution >= 4 is 11.7 Å². The molecule has 51 heavy (non-hydrogen) atoms. The number of phenols is 1. The Morgan fingerprint density at radius 3 is 2.69 bits per heavy atom. The van der Waals surface area contributed by atoms with Crippen LogP contribution in [0.15, 0.2) is 42.7 Å². The van der Waals surface area contributed by atoms with Crippen LogP contribution in [0.3, 0.4) is 0 Å². The number of methoxy groups -OCH3 is 1. The van der Waals surface area contributed by atoms with E-state index in [2.05, 4.69) is 43.8 Å². The maximum absolute atomic E-state index is 12.4. The van der Waals surface area contributed by atoms with Crippen molar-refractivity contribution in [3.05, 3.63) is 65.2 Å². The Morgan fingerprint density at radius 1 is 1.12 bits per heavy atom. The van der Waals surface area contributed by atoms with Gasteiger partial charge in [0.05, 0.1) is 38.3 Å². The number of anilines is 1. The van der Waals surface area contributed by atoms with Gasteiger partial charge in [0.15, 0.2) is 11.4 Å². The van der Waals surface area contributed by atoms with Crippen LogP contribution < -0.4 is 15.4 Å². The zero-order valence-electron chi connectivity index (χ0n) is 29.0. The number of carbonyl (C=O) groups excluding carboxylic acids is 1. The van der Waals surface area contributed by atoms with Crippen LogP contribution in [-0.2, 0) is 17.3 Å². The van der Waals surface area contributed by atoms with Gasteiger partial charge in [-0.25, -0.2) is 4.98 Å². The minimum Gasteiger partial charge on any atom is -0.508 e. The minimum atomic E-state index is -4.46. The Kier molecular flexibility index (Phi) is 11.3. The zero-order chi connectivity index (χ0) is 36.2. The van der Waals surface area contributed by atoms with Crippen molar-refractivity contribution in [3.8, 4) is 11.6 Å². The molecule has 3 heterocycles. The molecule has 14 heteroatoms. The molecule has 4 aliphatic rings. The zero-order valence-corrected chi connectivity index (χ0v) is 29.0. The Labute approximate surface area is 295 Å². The number of hydrogen-bond donors (Lipinski definition) is 4. The number of aliphatic hydroxyl groups is 1. The third kappa shape index (κ3) is 8.38. The number of aromatic hydroxyl groups is 1. The Balaban J connectivity index is 0.000000221. The van der Waals surface area contributed by atoms with Gasteiger partial charge in [-0.2, -0.15) is 13.2 Å². The van der Waals surface area contributed by atoms with Crippen LogP contribution in [0.25, 0.3) is 0 Å². The number of fused-ring (bicyclic) bond motifs is 5. The Bertz CT molecular complexity index is 1640. The third-order valence-corrected chi connectivity index (χ3v) is 11.4. The number of alkyl halides is 3. The van der Waals surface area contributed by atoms with E-state index in [1.54, 1.807) is 12.1 Å². The summed E-state index contributed by atoms with van der Waals surface area (Å²) in [7, 11) is 1.51.